The molecule has 2 N–H and O–H groups in total. The molecule has 0 aliphatic heterocycles. The van der Waals surface area contributed by atoms with Gasteiger partial charge in [-0.15, -0.1) is 11.3 Å². The van der Waals surface area contributed by atoms with Gasteiger partial charge in [-0.1, -0.05) is 25.1 Å². The summed E-state index contributed by atoms with van der Waals surface area (Å²) in [5, 5.41) is 22.0. The first-order chi connectivity index (χ1) is 8.15. The molecule has 0 amide bonds. The molecule has 0 bridgehead atoms. The van der Waals surface area contributed by atoms with Gasteiger partial charge < -0.3 is 10.2 Å². The van der Waals surface area contributed by atoms with E-state index in [0.717, 1.165) is 15.6 Å². The molecular weight excluding hydrogens is 236 g/mol. The van der Waals surface area contributed by atoms with Crippen LogP contribution in [0.15, 0.2) is 29.6 Å². The average molecular weight is 250 g/mol. The fraction of sp³-hybridized carbons (Fsp3) is 0.308. The second-order valence-electron chi connectivity index (χ2n) is 3.99. The number of fused-ring (bicyclic) bond motifs is 1. The van der Waals surface area contributed by atoms with Crippen LogP contribution in [-0.2, 0) is 4.79 Å². The molecular formula is C13H14O3S. The minimum Gasteiger partial charge on any atom is -0.481 e. The first-order valence-corrected chi connectivity index (χ1v) is 6.40. The Morgan fingerprint density at radius 1 is 1.41 bits per heavy atom. The van der Waals surface area contributed by atoms with Gasteiger partial charge in [-0.05, 0) is 28.8 Å². The highest BCUT2D eigenvalue weighted by molar-refractivity contribution is 7.17. The summed E-state index contributed by atoms with van der Waals surface area (Å²) >= 11 is 1.53. The minimum atomic E-state index is -0.949. The number of hydrogen-bond donors (Lipinski definition) is 2. The maximum Gasteiger partial charge on any atom is 0.309 e. The predicted molar refractivity (Wildman–Crippen MR) is 68.2 cm³/mol. The number of aliphatic hydroxyl groups is 1. The lowest BCUT2D eigenvalue weighted by Crippen LogP contribution is -2.20. The number of benzene rings is 1. The van der Waals surface area contributed by atoms with Crippen molar-refractivity contribution in [3.63, 3.8) is 0 Å². The Hall–Kier alpha value is -1.39. The Morgan fingerprint density at radius 2 is 2.12 bits per heavy atom. The zero-order chi connectivity index (χ0) is 12.4. The summed E-state index contributed by atoms with van der Waals surface area (Å²) in [6.07, 6.45) is -0.519. The SMILES string of the molecule is CCC(C(=O)O)C(O)c1csc2ccccc12. The van der Waals surface area contributed by atoms with Crippen molar-refractivity contribution in [2.24, 2.45) is 5.92 Å². The van der Waals surface area contributed by atoms with Crippen LogP contribution in [0, 0.1) is 5.92 Å². The zero-order valence-electron chi connectivity index (χ0n) is 9.46. The van der Waals surface area contributed by atoms with E-state index in [1.54, 1.807) is 6.92 Å². The Morgan fingerprint density at radius 3 is 2.76 bits per heavy atom. The van der Waals surface area contributed by atoms with E-state index < -0.39 is 18.0 Å². The molecule has 4 heteroatoms. The summed E-state index contributed by atoms with van der Waals surface area (Å²) in [7, 11) is 0. The molecule has 0 radical (unpaired) electrons. The van der Waals surface area contributed by atoms with Crippen LogP contribution in [-0.4, -0.2) is 16.2 Å². The fourth-order valence-electron chi connectivity index (χ4n) is 1.98. The number of aliphatic carboxylic acids is 1. The summed E-state index contributed by atoms with van der Waals surface area (Å²) in [5.41, 5.74) is 0.722. The lowest BCUT2D eigenvalue weighted by Gasteiger charge is -2.17. The van der Waals surface area contributed by atoms with Gasteiger partial charge in [0.2, 0.25) is 0 Å². The largest absolute Gasteiger partial charge is 0.481 e. The van der Waals surface area contributed by atoms with Gasteiger partial charge in [-0.2, -0.15) is 0 Å². The van der Waals surface area contributed by atoms with Crippen LogP contribution < -0.4 is 0 Å². The molecule has 17 heavy (non-hydrogen) atoms. The van der Waals surface area contributed by atoms with Gasteiger partial charge in [-0.25, -0.2) is 0 Å². The Kier molecular flexibility index (Phi) is 3.45. The highest BCUT2D eigenvalue weighted by Crippen LogP contribution is 2.34. The number of aliphatic hydroxyl groups excluding tert-OH is 1. The van der Waals surface area contributed by atoms with Gasteiger partial charge in [0, 0.05) is 4.70 Å². The monoisotopic (exact) mass is 250 g/mol. The summed E-state index contributed by atoms with van der Waals surface area (Å²) < 4.78 is 1.07. The van der Waals surface area contributed by atoms with Crippen molar-refractivity contribution < 1.29 is 15.0 Å². The Bertz CT molecular complexity index is 532. The van der Waals surface area contributed by atoms with Crippen molar-refractivity contribution in [1.82, 2.24) is 0 Å². The molecule has 2 unspecified atom stereocenters. The first kappa shape index (κ1) is 12.1. The third-order valence-electron chi connectivity index (χ3n) is 2.97. The quantitative estimate of drug-likeness (QED) is 0.876. The van der Waals surface area contributed by atoms with E-state index in [9.17, 15) is 9.90 Å². The van der Waals surface area contributed by atoms with Gasteiger partial charge in [0.1, 0.15) is 0 Å². The smallest absolute Gasteiger partial charge is 0.309 e. The highest BCUT2D eigenvalue weighted by atomic mass is 32.1. The molecule has 1 heterocycles. The van der Waals surface area contributed by atoms with Crippen molar-refractivity contribution in [2.75, 3.05) is 0 Å². The first-order valence-electron chi connectivity index (χ1n) is 5.52. The van der Waals surface area contributed by atoms with Crippen LogP contribution in [0.1, 0.15) is 25.0 Å². The second kappa shape index (κ2) is 4.85. The lowest BCUT2D eigenvalue weighted by molar-refractivity contribution is -0.146. The van der Waals surface area contributed by atoms with E-state index >= 15 is 0 Å². The standard InChI is InChI=1S/C13H14O3S/c1-2-8(13(15)16)12(14)10-7-17-11-6-4-3-5-9(10)11/h3-8,12,14H,2H2,1H3,(H,15,16). The molecule has 1 aromatic heterocycles. The van der Waals surface area contributed by atoms with Crippen molar-refractivity contribution >= 4 is 27.4 Å². The van der Waals surface area contributed by atoms with Gasteiger partial charge in [0.05, 0.1) is 12.0 Å². The van der Waals surface area contributed by atoms with Crippen LogP contribution >= 0.6 is 11.3 Å². The summed E-state index contributed by atoms with van der Waals surface area (Å²) in [6, 6.07) is 7.72. The number of carboxylic acids is 1. The third kappa shape index (κ3) is 2.18. The van der Waals surface area contributed by atoms with E-state index in [-0.39, 0.29) is 0 Å². The van der Waals surface area contributed by atoms with Gasteiger partial charge in [-0.3, -0.25) is 4.79 Å². The van der Waals surface area contributed by atoms with Crippen molar-refractivity contribution in [1.29, 1.82) is 0 Å². The Labute approximate surface area is 103 Å². The maximum atomic E-state index is 11.0. The zero-order valence-corrected chi connectivity index (χ0v) is 10.3. The average Bonchev–Trinajstić information content (AvgIpc) is 2.72. The van der Waals surface area contributed by atoms with Gasteiger partial charge in [0.25, 0.3) is 0 Å². The molecule has 90 valence electrons. The van der Waals surface area contributed by atoms with Crippen molar-refractivity contribution in [3.8, 4) is 0 Å². The van der Waals surface area contributed by atoms with Crippen LogP contribution in [0.2, 0.25) is 0 Å². The maximum absolute atomic E-state index is 11.0. The molecule has 0 aliphatic rings. The Balaban J connectivity index is 2.42. The molecule has 3 nitrogen and oxygen atoms in total. The number of carboxylic acid groups (broad SMARTS) is 1. The second-order valence-corrected chi connectivity index (χ2v) is 4.90. The van der Waals surface area contributed by atoms with Crippen molar-refractivity contribution in [2.45, 2.75) is 19.4 Å². The topological polar surface area (TPSA) is 57.5 Å². The third-order valence-corrected chi connectivity index (χ3v) is 3.95. The van der Waals surface area contributed by atoms with E-state index in [1.807, 2.05) is 29.6 Å². The summed E-state index contributed by atoms with van der Waals surface area (Å²) in [5.74, 6) is -1.69. The number of thiophene rings is 1. The molecule has 2 atom stereocenters. The molecule has 0 saturated carbocycles. The highest BCUT2D eigenvalue weighted by Gasteiger charge is 2.27. The van der Waals surface area contributed by atoms with Crippen LogP contribution in [0.25, 0.3) is 10.1 Å². The fourth-order valence-corrected chi connectivity index (χ4v) is 2.97. The number of carbonyl (C=O) groups is 1. The summed E-state index contributed by atoms with van der Waals surface area (Å²) in [4.78, 5) is 11.0. The van der Waals surface area contributed by atoms with E-state index in [4.69, 9.17) is 5.11 Å². The van der Waals surface area contributed by atoms with Gasteiger partial charge >= 0.3 is 5.97 Å². The molecule has 2 aromatic rings. The van der Waals surface area contributed by atoms with Crippen LogP contribution in [0.5, 0.6) is 0 Å². The summed E-state index contributed by atoms with van der Waals surface area (Å²) in [6.45, 7) is 1.77. The molecule has 0 saturated heterocycles. The van der Waals surface area contributed by atoms with Crippen LogP contribution in [0.4, 0.5) is 0 Å². The lowest BCUT2D eigenvalue weighted by atomic mass is 9.93. The molecule has 0 aliphatic carbocycles. The molecule has 0 fully saturated rings. The van der Waals surface area contributed by atoms with E-state index in [1.165, 1.54) is 11.3 Å². The normalized spacial score (nSPS) is 14.7. The minimum absolute atomic E-state index is 0.417. The number of rotatable bonds is 4. The van der Waals surface area contributed by atoms with Gasteiger partial charge in [0.15, 0.2) is 0 Å². The van der Waals surface area contributed by atoms with E-state index in [2.05, 4.69) is 0 Å². The van der Waals surface area contributed by atoms with E-state index in [0.29, 0.717) is 6.42 Å². The predicted octanol–water partition coefficient (Wildman–Crippen LogP) is 3.05. The molecule has 2 rings (SSSR count). The molecule has 0 spiro atoms. The van der Waals surface area contributed by atoms with Crippen molar-refractivity contribution in [3.05, 3.63) is 35.2 Å². The molecule has 1 aromatic carbocycles. The number of hydrogen-bond acceptors (Lipinski definition) is 3. The van der Waals surface area contributed by atoms with Crippen LogP contribution in [0.3, 0.4) is 0 Å².